The Morgan fingerprint density at radius 2 is 2.07 bits per heavy atom. The number of hydrogen-bond donors (Lipinski definition) is 0. The molecule has 0 N–H and O–H groups in total. The number of amides is 1. The molecule has 0 aromatic heterocycles. The van der Waals surface area contributed by atoms with Gasteiger partial charge in [0.15, 0.2) is 11.6 Å². The van der Waals surface area contributed by atoms with Crippen molar-refractivity contribution < 1.29 is 23.0 Å². The van der Waals surface area contributed by atoms with Crippen molar-refractivity contribution in [1.29, 1.82) is 0 Å². The molecule has 1 saturated heterocycles. The van der Waals surface area contributed by atoms with E-state index in [1.807, 2.05) is 13.0 Å². The van der Waals surface area contributed by atoms with Crippen molar-refractivity contribution in [3.63, 3.8) is 0 Å². The SMILES string of the molecule is Cc1cc(SCC(=O)N2CCOC(COc3cc(F)ccc3F)C2)c(Cl)cc1Cl. The van der Waals surface area contributed by atoms with Gasteiger partial charge in [-0.1, -0.05) is 23.2 Å². The van der Waals surface area contributed by atoms with Crippen molar-refractivity contribution >= 4 is 40.9 Å². The third-order valence-electron chi connectivity index (χ3n) is 4.37. The summed E-state index contributed by atoms with van der Waals surface area (Å²) in [6.07, 6.45) is -0.429. The first-order chi connectivity index (χ1) is 13.8. The number of carbonyl (C=O) groups is 1. The van der Waals surface area contributed by atoms with E-state index in [-0.39, 0.29) is 24.0 Å². The summed E-state index contributed by atoms with van der Waals surface area (Å²) in [5, 5.41) is 1.08. The Balaban J connectivity index is 1.52. The third kappa shape index (κ3) is 5.98. The molecule has 0 bridgehead atoms. The molecule has 29 heavy (non-hydrogen) atoms. The van der Waals surface area contributed by atoms with Gasteiger partial charge in [-0.2, -0.15) is 0 Å². The lowest BCUT2D eigenvalue weighted by molar-refractivity contribution is -0.137. The topological polar surface area (TPSA) is 38.8 Å². The van der Waals surface area contributed by atoms with Gasteiger partial charge in [0.1, 0.15) is 18.5 Å². The maximum atomic E-state index is 13.7. The van der Waals surface area contributed by atoms with Crippen molar-refractivity contribution in [1.82, 2.24) is 4.90 Å². The molecule has 156 valence electrons. The quantitative estimate of drug-likeness (QED) is 0.568. The highest BCUT2D eigenvalue weighted by Gasteiger charge is 2.25. The number of morpholine rings is 1. The maximum absolute atomic E-state index is 13.7. The Labute approximate surface area is 182 Å². The van der Waals surface area contributed by atoms with Crippen molar-refractivity contribution in [2.75, 3.05) is 32.1 Å². The van der Waals surface area contributed by atoms with Gasteiger partial charge in [0.05, 0.1) is 23.9 Å². The zero-order chi connectivity index (χ0) is 21.0. The summed E-state index contributed by atoms with van der Waals surface area (Å²) in [7, 11) is 0. The summed E-state index contributed by atoms with van der Waals surface area (Å²) >= 11 is 13.6. The molecule has 4 nitrogen and oxygen atoms in total. The van der Waals surface area contributed by atoms with E-state index in [2.05, 4.69) is 0 Å². The number of rotatable bonds is 6. The highest BCUT2D eigenvalue weighted by molar-refractivity contribution is 8.00. The molecular formula is C20H19Cl2F2NO3S. The molecule has 0 radical (unpaired) electrons. The van der Waals surface area contributed by atoms with Gasteiger partial charge in [-0.05, 0) is 36.8 Å². The Bertz CT molecular complexity index is 900. The fourth-order valence-corrected chi connectivity index (χ4v) is 4.25. The lowest BCUT2D eigenvalue weighted by Gasteiger charge is -2.32. The first-order valence-electron chi connectivity index (χ1n) is 8.89. The Hall–Kier alpha value is -1.54. The molecule has 1 aliphatic heterocycles. The largest absolute Gasteiger partial charge is 0.488 e. The molecule has 1 aliphatic rings. The van der Waals surface area contributed by atoms with Crippen LogP contribution in [0.25, 0.3) is 0 Å². The summed E-state index contributed by atoms with van der Waals surface area (Å²) in [6, 6.07) is 6.52. The molecule has 2 aromatic carbocycles. The molecule has 1 fully saturated rings. The number of benzene rings is 2. The van der Waals surface area contributed by atoms with Crippen LogP contribution in [0.3, 0.4) is 0 Å². The van der Waals surface area contributed by atoms with Gasteiger partial charge in [-0.25, -0.2) is 8.78 Å². The minimum Gasteiger partial charge on any atom is -0.488 e. The molecule has 3 rings (SSSR count). The maximum Gasteiger partial charge on any atom is 0.233 e. The van der Waals surface area contributed by atoms with E-state index in [0.29, 0.717) is 29.7 Å². The van der Waals surface area contributed by atoms with Gasteiger partial charge < -0.3 is 14.4 Å². The Kier molecular flexibility index (Phi) is 7.62. The number of halogens is 4. The molecule has 1 heterocycles. The molecule has 1 amide bonds. The van der Waals surface area contributed by atoms with E-state index in [1.165, 1.54) is 11.8 Å². The fourth-order valence-electron chi connectivity index (χ4n) is 2.79. The normalized spacial score (nSPS) is 16.7. The number of thioether (sulfide) groups is 1. The van der Waals surface area contributed by atoms with Crippen LogP contribution in [0.15, 0.2) is 35.2 Å². The van der Waals surface area contributed by atoms with Crippen molar-refractivity contribution in [3.05, 3.63) is 57.6 Å². The summed E-state index contributed by atoms with van der Waals surface area (Å²) < 4.78 is 37.8. The second-order valence-electron chi connectivity index (χ2n) is 6.54. The lowest BCUT2D eigenvalue weighted by atomic mass is 10.2. The molecule has 1 atom stereocenters. The van der Waals surface area contributed by atoms with Crippen LogP contribution in [-0.4, -0.2) is 49.0 Å². The Morgan fingerprint density at radius 1 is 1.28 bits per heavy atom. The lowest BCUT2D eigenvalue weighted by Crippen LogP contribution is -2.48. The summed E-state index contributed by atoms with van der Waals surface area (Å²) in [5.41, 5.74) is 0.888. The van der Waals surface area contributed by atoms with E-state index < -0.39 is 17.7 Å². The van der Waals surface area contributed by atoms with Crippen LogP contribution in [0.4, 0.5) is 8.78 Å². The second kappa shape index (κ2) is 9.98. The van der Waals surface area contributed by atoms with Crippen LogP contribution in [0.5, 0.6) is 5.75 Å². The van der Waals surface area contributed by atoms with Crippen LogP contribution in [0, 0.1) is 18.6 Å². The predicted octanol–water partition coefficient (Wildman–Crippen LogP) is 4.98. The van der Waals surface area contributed by atoms with Crippen LogP contribution in [-0.2, 0) is 9.53 Å². The zero-order valence-electron chi connectivity index (χ0n) is 15.6. The number of aryl methyl sites for hydroxylation is 1. The van der Waals surface area contributed by atoms with Crippen molar-refractivity contribution in [2.24, 2.45) is 0 Å². The fraction of sp³-hybridized carbons (Fsp3) is 0.350. The van der Waals surface area contributed by atoms with Gasteiger partial charge in [0.2, 0.25) is 5.91 Å². The number of carbonyl (C=O) groups excluding carboxylic acids is 1. The standard InChI is InChI=1S/C20H19Cl2F2NO3S/c1-12-6-19(16(22)8-15(12)21)29-11-20(26)25-4-5-27-14(9-25)10-28-18-7-13(23)2-3-17(18)24/h2-3,6-8,14H,4-5,9-11H2,1H3. The highest BCUT2D eigenvalue weighted by Crippen LogP contribution is 2.32. The Morgan fingerprint density at radius 3 is 2.86 bits per heavy atom. The molecule has 0 saturated carbocycles. The van der Waals surface area contributed by atoms with Crippen LogP contribution in [0.2, 0.25) is 10.0 Å². The van der Waals surface area contributed by atoms with Crippen LogP contribution >= 0.6 is 35.0 Å². The third-order valence-corrected chi connectivity index (χ3v) is 6.25. The first-order valence-corrected chi connectivity index (χ1v) is 10.6. The number of hydrogen-bond acceptors (Lipinski definition) is 4. The van der Waals surface area contributed by atoms with Gasteiger partial charge >= 0.3 is 0 Å². The van der Waals surface area contributed by atoms with E-state index in [0.717, 1.165) is 28.7 Å². The summed E-state index contributed by atoms with van der Waals surface area (Å²) in [4.78, 5) is 15.0. The predicted molar refractivity (Wildman–Crippen MR) is 110 cm³/mol. The average molecular weight is 462 g/mol. The molecule has 9 heteroatoms. The number of nitrogens with zero attached hydrogens (tertiary/aromatic N) is 1. The molecular weight excluding hydrogens is 443 g/mol. The second-order valence-corrected chi connectivity index (χ2v) is 8.37. The van der Waals surface area contributed by atoms with E-state index in [1.54, 1.807) is 11.0 Å². The minimum absolute atomic E-state index is 0.0134. The number of ether oxygens (including phenoxy) is 2. The zero-order valence-corrected chi connectivity index (χ0v) is 17.9. The highest BCUT2D eigenvalue weighted by atomic mass is 35.5. The van der Waals surface area contributed by atoms with Crippen LogP contribution < -0.4 is 4.74 Å². The smallest absolute Gasteiger partial charge is 0.233 e. The monoisotopic (exact) mass is 461 g/mol. The van der Waals surface area contributed by atoms with Gasteiger partial charge in [0.25, 0.3) is 0 Å². The molecule has 2 aromatic rings. The van der Waals surface area contributed by atoms with Gasteiger partial charge in [0, 0.05) is 22.5 Å². The average Bonchev–Trinajstić information content (AvgIpc) is 2.70. The minimum atomic E-state index is -0.651. The summed E-state index contributed by atoms with van der Waals surface area (Å²) in [5.74, 6) is -1.27. The van der Waals surface area contributed by atoms with Crippen LogP contribution in [0.1, 0.15) is 5.56 Å². The molecule has 0 aliphatic carbocycles. The van der Waals surface area contributed by atoms with Gasteiger partial charge in [-0.15, -0.1) is 11.8 Å². The summed E-state index contributed by atoms with van der Waals surface area (Å²) in [6.45, 7) is 3.00. The van der Waals surface area contributed by atoms with Crippen molar-refractivity contribution in [2.45, 2.75) is 17.9 Å². The van der Waals surface area contributed by atoms with E-state index >= 15 is 0 Å². The van der Waals surface area contributed by atoms with Gasteiger partial charge in [-0.3, -0.25) is 4.79 Å². The van der Waals surface area contributed by atoms with E-state index in [4.69, 9.17) is 32.7 Å². The molecule has 0 spiro atoms. The van der Waals surface area contributed by atoms with E-state index in [9.17, 15) is 13.6 Å². The first kappa shape index (κ1) is 22.2. The molecule has 1 unspecified atom stereocenters. The van der Waals surface area contributed by atoms with Crippen molar-refractivity contribution in [3.8, 4) is 5.75 Å².